The van der Waals surface area contributed by atoms with Crippen molar-refractivity contribution in [3.05, 3.63) is 118 Å². The summed E-state index contributed by atoms with van der Waals surface area (Å²) in [4.78, 5) is 13.7. The Morgan fingerprint density at radius 2 is 1.35 bits per heavy atom. The van der Waals surface area contributed by atoms with Gasteiger partial charge in [0.1, 0.15) is 0 Å². The van der Waals surface area contributed by atoms with Crippen LogP contribution >= 0.6 is 23.5 Å². The molecule has 0 N–H and O–H groups in total. The molecule has 0 aliphatic carbocycles. The molecule has 0 unspecified atom stereocenters. The lowest BCUT2D eigenvalue weighted by Crippen LogP contribution is -2.19. The molecule has 0 saturated carbocycles. The third-order valence-corrected chi connectivity index (χ3v) is 7.42. The van der Waals surface area contributed by atoms with Crippen LogP contribution in [0.25, 0.3) is 0 Å². The van der Waals surface area contributed by atoms with Crippen LogP contribution in [0.5, 0.6) is 0 Å². The van der Waals surface area contributed by atoms with Crippen molar-refractivity contribution in [1.82, 2.24) is 0 Å². The summed E-state index contributed by atoms with van der Waals surface area (Å²) in [6.45, 7) is 0. The maximum Gasteiger partial charge on any atom is 0.199 e. The number of carbonyl (C=O) groups is 1. The molecule has 0 bridgehead atoms. The normalized spacial score (nSPS) is 19.2. The van der Waals surface area contributed by atoms with Crippen LogP contribution in [0.15, 0.2) is 101 Å². The Morgan fingerprint density at radius 1 is 0.769 bits per heavy atom. The van der Waals surface area contributed by atoms with Crippen LogP contribution in [-0.2, 0) is 10.5 Å². The molecule has 26 heavy (non-hydrogen) atoms. The zero-order valence-electron chi connectivity index (χ0n) is 14.2. The van der Waals surface area contributed by atoms with Gasteiger partial charge in [-0.05, 0) is 16.5 Å². The highest BCUT2D eigenvalue weighted by atomic mass is 32.2. The van der Waals surface area contributed by atoms with Gasteiger partial charge in [-0.25, -0.2) is 0 Å². The average Bonchev–Trinajstić information content (AvgIpc) is 3.15. The van der Waals surface area contributed by atoms with Gasteiger partial charge >= 0.3 is 0 Å². The quantitative estimate of drug-likeness (QED) is 0.489. The minimum absolute atomic E-state index is 0.106. The highest BCUT2D eigenvalue weighted by molar-refractivity contribution is 8.24. The molecule has 1 heterocycles. The molecule has 0 saturated heterocycles. The molecule has 0 amide bonds. The van der Waals surface area contributed by atoms with Gasteiger partial charge in [0.2, 0.25) is 0 Å². The predicted molar refractivity (Wildman–Crippen MR) is 112 cm³/mol. The Bertz CT molecular complexity index is 920. The number of Topliss-reactive ketones (excluding diaryl/α,β-unsaturated/α-hetero) is 1. The van der Waals surface area contributed by atoms with Gasteiger partial charge in [-0.2, -0.15) is 0 Å². The fourth-order valence-electron chi connectivity index (χ4n) is 3.07. The first-order chi connectivity index (χ1) is 12.8. The molecular formula is C23H18OS2. The van der Waals surface area contributed by atoms with Crippen LogP contribution < -0.4 is 0 Å². The van der Waals surface area contributed by atoms with Gasteiger partial charge in [0, 0.05) is 12.0 Å². The number of benzene rings is 3. The van der Waals surface area contributed by atoms with Gasteiger partial charge < -0.3 is 0 Å². The van der Waals surface area contributed by atoms with Crippen LogP contribution in [0, 0.1) is 0 Å². The second-order valence-corrected chi connectivity index (χ2v) is 8.95. The van der Waals surface area contributed by atoms with E-state index in [-0.39, 0.29) is 9.86 Å². The lowest BCUT2D eigenvalue weighted by molar-refractivity contribution is 0.104. The smallest absolute Gasteiger partial charge is 0.199 e. The molecule has 1 nitrogen and oxygen atoms in total. The number of allylic oxidation sites excluding steroid dienone is 1. The van der Waals surface area contributed by atoms with E-state index in [2.05, 4.69) is 48.5 Å². The van der Waals surface area contributed by atoms with Crippen LogP contribution in [0.2, 0.25) is 0 Å². The van der Waals surface area contributed by atoms with Crippen LogP contribution in [-0.4, -0.2) is 5.78 Å². The fraction of sp³-hybridized carbons (Fsp3) is 0.0870. The summed E-state index contributed by atoms with van der Waals surface area (Å²) < 4.78 is -0.206. The van der Waals surface area contributed by atoms with Crippen molar-refractivity contribution in [3.8, 4) is 0 Å². The largest absolute Gasteiger partial charge is 0.288 e. The second kappa shape index (κ2) is 7.56. The third kappa shape index (κ3) is 3.50. The van der Waals surface area contributed by atoms with E-state index < -0.39 is 0 Å². The number of rotatable bonds is 5. The Labute approximate surface area is 162 Å². The highest BCUT2D eigenvalue weighted by Crippen LogP contribution is 2.58. The molecule has 0 aromatic heterocycles. The van der Waals surface area contributed by atoms with Crippen molar-refractivity contribution < 1.29 is 4.79 Å². The van der Waals surface area contributed by atoms with Gasteiger partial charge in [-0.3, -0.25) is 4.79 Å². The first-order valence-electron chi connectivity index (χ1n) is 8.53. The molecule has 1 aliphatic rings. The van der Waals surface area contributed by atoms with E-state index in [0.717, 1.165) is 16.9 Å². The number of hydrogen-bond acceptors (Lipinski definition) is 3. The van der Waals surface area contributed by atoms with Gasteiger partial charge in [-0.1, -0.05) is 103 Å². The van der Waals surface area contributed by atoms with Gasteiger partial charge in [-0.15, -0.1) is 11.8 Å². The van der Waals surface area contributed by atoms with Crippen LogP contribution in [0.3, 0.4) is 0 Å². The van der Waals surface area contributed by atoms with Crippen LogP contribution in [0.4, 0.5) is 0 Å². The first kappa shape index (κ1) is 17.2. The monoisotopic (exact) mass is 374 g/mol. The SMILES string of the molecule is O=C(C1=CS[C@@](Cc2ccccc2)(c2ccccc2)S1)c1ccccc1. The zero-order valence-corrected chi connectivity index (χ0v) is 15.8. The van der Waals surface area contributed by atoms with Crippen molar-refractivity contribution in [2.75, 3.05) is 0 Å². The van der Waals surface area contributed by atoms with Crippen molar-refractivity contribution in [2.24, 2.45) is 0 Å². The number of ketones is 1. The van der Waals surface area contributed by atoms with Crippen molar-refractivity contribution in [2.45, 2.75) is 10.5 Å². The predicted octanol–water partition coefficient (Wildman–Crippen LogP) is 6.29. The molecule has 3 aromatic rings. The molecule has 4 rings (SSSR count). The Morgan fingerprint density at radius 3 is 2.00 bits per heavy atom. The Balaban J connectivity index is 1.65. The van der Waals surface area contributed by atoms with Gasteiger partial charge in [0.15, 0.2) is 5.78 Å². The molecule has 3 heteroatoms. The van der Waals surface area contributed by atoms with E-state index in [4.69, 9.17) is 0 Å². The Kier molecular flexibility index (Phi) is 5.00. The zero-order chi connectivity index (χ0) is 17.8. The fourth-order valence-corrected chi connectivity index (χ4v) is 6.00. The average molecular weight is 375 g/mol. The van der Waals surface area contributed by atoms with Gasteiger partial charge in [0.25, 0.3) is 0 Å². The number of hydrogen-bond donors (Lipinski definition) is 0. The molecule has 0 spiro atoms. The molecule has 3 aromatic carbocycles. The van der Waals surface area contributed by atoms with Crippen molar-refractivity contribution in [3.63, 3.8) is 0 Å². The van der Waals surface area contributed by atoms with E-state index >= 15 is 0 Å². The van der Waals surface area contributed by atoms with Crippen molar-refractivity contribution >= 4 is 29.3 Å². The first-order valence-corrected chi connectivity index (χ1v) is 10.2. The van der Waals surface area contributed by atoms with Gasteiger partial charge in [0.05, 0.1) is 8.98 Å². The lowest BCUT2D eigenvalue weighted by atomic mass is 10.0. The van der Waals surface area contributed by atoms with E-state index in [1.807, 2.05) is 47.9 Å². The third-order valence-electron chi connectivity index (χ3n) is 4.38. The number of carbonyl (C=O) groups excluding carboxylic acids is 1. The highest BCUT2D eigenvalue weighted by Gasteiger charge is 2.40. The van der Waals surface area contributed by atoms with E-state index in [9.17, 15) is 4.79 Å². The summed E-state index contributed by atoms with van der Waals surface area (Å²) in [5, 5.41) is 2.04. The summed E-state index contributed by atoms with van der Waals surface area (Å²) in [5.74, 6) is 0.106. The molecule has 1 aliphatic heterocycles. The van der Waals surface area contributed by atoms with E-state index in [0.29, 0.717) is 0 Å². The Hall–Kier alpha value is -2.23. The maximum absolute atomic E-state index is 12.9. The number of thioether (sulfide) groups is 2. The molecule has 0 radical (unpaired) electrons. The lowest BCUT2D eigenvalue weighted by Gasteiger charge is -2.28. The topological polar surface area (TPSA) is 17.1 Å². The minimum atomic E-state index is -0.206. The molecular weight excluding hydrogens is 356 g/mol. The summed E-state index contributed by atoms with van der Waals surface area (Å²) in [6.07, 6.45) is 0.870. The molecule has 0 fully saturated rings. The summed E-state index contributed by atoms with van der Waals surface area (Å²) in [7, 11) is 0. The maximum atomic E-state index is 12.9. The molecule has 1 atom stereocenters. The standard InChI is InChI=1S/C23H18OS2/c24-22(19-12-6-2-7-13-19)21-17-25-23(26-21,20-14-8-3-9-15-20)16-18-10-4-1-5-11-18/h1-15,17H,16H2/t23-/m1/s1. The van der Waals surface area contributed by atoms with E-state index in [1.165, 1.54) is 11.1 Å². The minimum Gasteiger partial charge on any atom is -0.288 e. The summed E-state index contributed by atoms with van der Waals surface area (Å²) in [5.41, 5.74) is 3.26. The van der Waals surface area contributed by atoms with Crippen LogP contribution in [0.1, 0.15) is 21.5 Å². The summed E-state index contributed by atoms with van der Waals surface area (Å²) >= 11 is 3.43. The molecule has 128 valence electrons. The van der Waals surface area contributed by atoms with Crippen molar-refractivity contribution in [1.29, 1.82) is 0 Å². The summed E-state index contributed by atoms with van der Waals surface area (Å²) in [6, 6.07) is 30.5. The second-order valence-electron chi connectivity index (χ2n) is 6.18. The van der Waals surface area contributed by atoms with E-state index in [1.54, 1.807) is 23.5 Å².